The first-order chi connectivity index (χ1) is 13.8. The number of hydrogen-bond acceptors (Lipinski definition) is 6. The van der Waals surface area contributed by atoms with Gasteiger partial charge in [-0.25, -0.2) is 0 Å². The zero-order chi connectivity index (χ0) is 23.3. The molecule has 2 unspecified atom stereocenters. The molecule has 0 aromatic rings. The molecule has 0 rings (SSSR count). The van der Waals surface area contributed by atoms with Gasteiger partial charge in [-0.3, -0.25) is 4.79 Å². The first-order valence-corrected chi connectivity index (χ1v) is 11.1. The van der Waals surface area contributed by atoms with E-state index >= 15 is 0 Å². The van der Waals surface area contributed by atoms with Gasteiger partial charge in [0.2, 0.25) is 0 Å². The van der Waals surface area contributed by atoms with E-state index in [0.29, 0.717) is 0 Å². The maximum atomic E-state index is 9.00. The van der Waals surface area contributed by atoms with Crippen LogP contribution >= 0.6 is 0 Å². The largest absolute Gasteiger partial charge is 0.481 e. The van der Waals surface area contributed by atoms with Crippen LogP contribution in [0.5, 0.6) is 0 Å². The van der Waals surface area contributed by atoms with Crippen LogP contribution in [-0.2, 0) is 9.53 Å². The molecule has 29 heavy (non-hydrogen) atoms. The molecule has 0 bridgehead atoms. The minimum Gasteiger partial charge on any atom is -0.481 e. The molecule has 180 valence electrons. The van der Waals surface area contributed by atoms with Crippen molar-refractivity contribution in [2.24, 2.45) is 0 Å². The molecule has 0 aliphatic heterocycles. The van der Waals surface area contributed by atoms with Crippen LogP contribution in [0.4, 0.5) is 0 Å². The van der Waals surface area contributed by atoms with Crippen molar-refractivity contribution in [3.05, 3.63) is 0 Å². The van der Waals surface area contributed by atoms with Crippen LogP contribution in [0.2, 0.25) is 0 Å². The summed E-state index contributed by atoms with van der Waals surface area (Å²) in [6.07, 6.45) is 9.84. The van der Waals surface area contributed by atoms with E-state index in [2.05, 4.69) is 13.8 Å². The van der Waals surface area contributed by atoms with Crippen molar-refractivity contribution < 1.29 is 35.1 Å². The van der Waals surface area contributed by atoms with Gasteiger partial charge in [-0.05, 0) is 26.7 Å². The number of carbonyl (C=O) groups is 1. The third-order valence-corrected chi connectivity index (χ3v) is 3.61. The van der Waals surface area contributed by atoms with Crippen LogP contribution in [-0.4, -0.2) is 70.1 Å². The predicted octanol–water partition coefficient (Wildman–Crippen LogP) is 3.75. The van der Waals surface area contributed by atoms with Crippen LogP contribution in [0.3, 0.4) is 0 Å². The second-order valence-corrected chi connectivity index (χ2v) is 6.67. The average molecular weight is 427 g/mol. The Morgan fingerprint density at radius 2 is 1.03 bits per heavy atom. The molecule has 0 aliphatic rings. The first kappa shape index (κ1) is 35.7. The molecule has 0 radical (unpaired) electrons. The summed E-state index contributed by atoms with van der Waals surface area (Å²) < 4.78 is 4.83. The number of carboxylic acid groups (broad SMARTS) is 1. The number of aliphatic carboxylic acids is 1. The summed E-state index contributed by atoms with van der Waals surface area (Å²) >= 11 is 0. The summed E-state index contributed by atoms with van der Waals surface area (Å²) in [7, 11) is 0. The molecule has 0 aromatic carbocycles. The highest BCUT2D eigenvalue weighted by Crippen LogP contribution is 2.05. The number of hydrogen-bond donors (Lipinski definition) is 5. The van der Waals surface area contributed by atoms with Crippen molar-refractivity contribution in [2.75, 3.05) is 26.4 Å². The van der Waals surface area contributed by atoms with E-state index < -0.39 is 18.2 Å². The summed E-state index contributed by atoms with van der Waals surface area (Å²) in [4.78, 5) is 9.00. The molecule has 7 heteroatoms. The van der Waals surface area contributed by atoms with Gasteiger partial charge in [0.25, 0.3) is 5.97 Å². The SMILES string of the molecule is CC(=O)O.CCCCCCC(O)CO.CCCCCCC(O)CO.CCOCC. The van der Waals surface area contributed by atoms with Crippen LogP contribution < -0.4 is 0 Å². The molecular weight excluding hydrogens is 376 g/mol. The standard InChI is InChI=1S/2C8H18O2.C4H10O.C2H4O2/c2*1-2-3-4-5-6-8(10)7-9;1-3-5-4-2;1-2(3)4/h2*8-10H,2-7H2,1H3;3-4H2,1-2H3;1H3,(H,3,4). The van der Waals surface area contributed by atoms with Crippen molar-refractivity contribution in [3.63, 3.8) is 0 Å². The van der Waals surface area contributed by atoms with E-state index in [1.807, 2.05) is 13.8 Å². The second-order valence-electron chi connectivity index (χ2n) is 6.67. The maximum Gasteiger partial charge on any atom is 0.300 e. The lowest BCUT2D eigenvalue weighted by atomic mass is 10.1. The fraction of sp³-hybridized carbons (Fsp3) is 0.955. The zero-order valence-corrected chi connectivity index (χ0v) is 19.6. The molecule has 0 saturated heterocycles. The van der Waals surface area contributed by atoms with Crippen molar-refractivity contribution in [1.82, 2.24) is 0 Å². The fourth-order valence-corrected chi connectivity index (χ4v) is 2.00. The Hall–Kier alpha value is -0.730. The second kappa shape index (κ2) is 34.8. The van der Waals surface area contributed by atoms with Gasteiger partial charge < -0.3 is 30.3 Å². The predicted molar refractivity (Wildman–Crippen MR) is 119 cm³/mol. The summed E-state index contributed by atoms with van der Waals surface area (Å²) in [5.41, 5.74) is 0. The molecule has 0 amide bonds. The van der Waals surface area contributed by atoms with Crippen LogP contribution in [0, 0.1) is 0 Å². The Morgan fingerprint density at radius 1 is 0.724 bits per heavy atom. The summed E-state index contributed by atoms with van der Waals surface area (Å²) in [5.74, 6) is -0.833. The lowest BCUT2D eigenvalue weighted by molar-refractivity contribution is -0.134. The van der Waals surface area contributed by atoms with Gasteiger partial charge >= 0.3 is 0 Å². The molecule has 0 fully saturated rings. The average Bonchev–Trinajstić information content (AvgIpc) is 2.69. The highest BCUT2D eigenvalue weighted by Gasteiger charge is 2.00. The van der Waals surface area contributed by atoms with E-state index in [1.54, 1.807) is 0 Å². The molecule has 5 N–H and O–H groups in total. The van der Waals surface area contributed by atoms with E-state index in [1.165, 1.54) is 38.5 Å². The Balaban J connectivity index is -0.000000154. The fourth-order valence-electron chi connectivity index (χ4n) is 2.00. The number of rotatable bonds is 14. The monoisotopic (exact) mass is 426 g/mol. The minimum absolute atomic E-state index is 0.0911. The van der Waals surface area contributed by atoms with Gasteiger partial charge in [0.05, 0.1) is 25.4 Å². The van der Waals surface area contributed by atoms with Crippen LogP contribution in [0.1, 0.15) is 98.8 Å². The first-order valence-electron chi connectivity index (χ1n) is 11.1. The van der Waals surface area contributed by atoms with E-state index in [-0.39, 0.29) is 13.2 Å². The zero-order valence-electron chi connectivity index (χ0n) is 19.6. The molecule has 0 aliphatic carbocycles. The molecule has 0 spiro atoms. The number of carboxylic acids is 1. The van der Waals surface area contributed by atoms with Crippen molar-refractivity contribution in [3.8, 4) is 0 Å². The number of aliphatic hydroxyl groups excluding tert-OH is 4. The number of unbranched alkanes of at least 4 members (excludes halogenated alkanes) is 6. The van der Waals surface area contributed by atoms with Gasteiger partial charge in [-0.15, -0.1) is 0 Å². The van der Waals surface area contributed by atoms with E-state index in [4.69, 9.17) is 35.1 Å². The van der Waals surface area contributed by atoms with Crippen molar-refractivity contribution in [1.29, 1.82) is 0 Å². The molecule has 7 nitrogen and oxygen atoms in total. The van der Waals surface area contributed by atoms with E-state index in [0.717, 1.165) is 45.8 Å². The summed E-state index contributed by atoms with van der Waals surface area (Å²) in [5, 5.41) is 42.1. The maximum absolute atomic E-state index is 9.00. The highest BCUT2D eigenvalue weighted by atomic mass is 16.5. The van der Waals surface area contributed by atoms with E-state index in [9.17, 15) is 0 Å². The van der Waals surface area contributed by atoms with Gasteiger partial charge in [0.1, 0.15) is 0 Å². The number of ether oxygens (including phenoxy) is 1. The van der Waals surface area contributed by atoms with Gasteiger partial charge in [0.15, 0.2) is 0 Å². The van der Waals surface area contributed by atoms with Gasteiger partial charge in [-0.1, -0.05) is 65.2 Å². The lowest BCUT2D eigenvalue weighted by Gasteiger charge is -2.04. The third-order valence-electron chi connectivity index (χ3n) is 3.61. The van der Waals surface area contributed by atoms with Crippen LogP contribution in [0.25, 0.3) is 0 Å². The quantitative estimate of drug-likeness (QED) is 0.268. The number of aliphatic hydroxyl groups is 4. The molecule has 0 saturated carbocycles. The molecule has 0 heterocycles. The molecule has 0 aromatic heterocycles. The lowest BCUT2D eigenvalue weighted by Crippen LogP contribution is -2.10. The highest BCUT2D eigenvalue weighted by molar-refractivity contribution is 5.62. The van der Waals surface area contributed by atoms with Gasteiger partial charge in [0, 0.05) is 20.1 Å². The topological polar surface area (TPSA) is 127 Å². The van der Waals surface area contributed by atoms with Crippen molar-refractivity contribution >= 4 is 5.97 Å². The Labute approximate surface area is 179 Å². The Kier molecular flexibility index (Phi) is 42.8. The summed E-state index contributed by atoms with van der Waals surface area (Å²) in [6.45, 7) is 10.9. The smallest absolute Gasteiger partial charge is 0.300 e. The Bertz CT molecular complexity index is 252. The normalized spacial score (nSPS) is 11.6. The van der Waals surface area contributed by atoms with Gasteiger partial charge in [-0.2, -0.15) is 0 Å². The Morgan fingerprint density at radius 3 is 1.21 bits per heavy atom. The third kappa shape index (κ3) is 58.4. The van der Waals surface area contributed by atoms with Crippen molar-refractivity contribution in [2.45, 2.75) is 111 Å². The minimum atomic E-state index is -0.833. The molecule has 2 atom stereocenters. The summed E-state index contributed by atoms with van der Waals surface area (Å²) in [6, 6.07) is 0. The molecular formula is C22H50O7. The van der Waals surface area contributed by atoms with Crippen LogP contribution in [0.15, 0.2) is 0 Å².